The van der Waals surface area contributed by atoms with Gasteiger partial charge < -0.3 is 10.5 Å². The van der Waals surface area contributed by atoms with Crippen LogP contribution in [0.1, 0.15) is 38.5 Å². The van der Waals surface area contributed by atoms with Crippen molar-refractivity contribution in [1.29, 1.82) is 0 Å². The van der Waals surface area contributed by atoms with Crippen molar-refractivity contribution in [2.45, 2.75) is 49.8 Å². The summed E-state index contributed by atoms with van der Waals surface area (Å²) in [6, 6.07) is 0.414. The number of hydrogen-bond donors (Lipinski definition) is 1. The van der Waals surface area contributed by atoms with Crippen LogP contribution in [0.5, 0.6) is 0 Å². The van der Waals surface area contributed by atoms with Crippen LogP contribution in [0.3, 0.4) is 0 Å². The van der Waals surface area contributed by atoms with Crippen LogP contribution in [0.4, 0.5) is 0 Å². The maximum Gasteiger partial charge on any atom is 0.0553 e. The second-order valence-electron chi connectivity index (χ2n) is 4.06. The van der Waals surface area contributed by atoms with Crippen molar-refractivity contribution < 1.29 is 4.74 Å². The topological polar surface area (TPSA) is 35.2 Å². The predicted molar refractivity (Wildman–Crippen MR) is 63.8 cm³/mol. The Hall–Kier alpha value is 0.270. The summed E-state index contributed by atoms with van der Waals surface area (Å²) in [5.41, 5.74) is 6.17. The fraction of sp³-hybridized carbons (Fsp3) is 1.00. The fourth-order valence-corrected chi connectivity index (χ4v) is 3.25. The zero-order chi connectivity index (χ0) is 10.2. The standard InChI is InChI=1S/C11H23NOS/c1-13-8-9-14-11-7-5-3-2-4-6-10(11)12/h10-11H,2-9,12H2,1H3. The molecule has 0 spiro atoms. The Balaban J connectivity index is 2.22. The van der Waals surface area contributed by atoms with Gasteiger partial charge in [0.25, 0.3) is 0 Å². The molecular weight excluding hydrogens is 194 g/mol. The lowest BCUT2D eigenvalue weighted by atomic mass is 9.97. The highest BCUT2D eigenvalue weighted by Crippen LogP contribution is 2.25. The SMILES string of the molecule is COCCSC1CCCCCCC1N. The van der Waals surface area contributed by atoms with Gasteiger partial charge in [0, 0.05) is 24.2 Å². The van der Waals surface area contributed by atoms with E-state index in [0.29, 0.717) is 11.3 Å². The summed E-state index contributed by atoms with van der Waals surface area (Å²) in [6.07, 6.45) is 7.97. The minimum absolute atomic E-state index is 0.414. The van der Waals surface area contributed by atoms with Crippen LogP contribution in [-0.4, -0.2) is 30.8 Å². The minimum Gasteiger partial charge on any atom is -0.384 e. The Labute approximate surface area is 92.0 Å². The Morgan fingerprint density at radius 3 is 2.64 bits per heavy atom. The molecule has 0 heterocycles. The number of hydrogen-bond acceptors (Lipinski definition) is 3. The molecule has 0 aromatic heterocycles. The van der Waals surface area contributed by atoms with E-state index in [2.05, 4.69) is 0 Å². The van der Waals surface area contributed by atoms with Crippen LogP contribution < -0.4 is 5.73 Å². The lowest BCUT2D eigenvalue weighted by Crippen LogP contribution is -2.33. The highest BCUT2D eigenvalue weighted by molar-refractivity contribution is 7.99. The van der Waals surface area contributed by atoms with Crippen molar-refractivity contribution in [2.75, 3.05) is 19.5 Å². The zero-order valence-corrected chi connectivity index (χ0v) is 10.0. The first kappa shape index (κ1) is 12.3. The number of methoxy groups -OCH3 is 1. The van der Waals surface area contributed by atoms with E-state index in [9.17, 15) is 0 Å². The molecule has 0 aromatic carbocycles. The van der Waals surface area contributed by atoms with Gasteiger partial charge in [0.2, 0.25) is 0 Å². The van der Waals surface area contributed by atoms with Gasteiger partial charge in [-0.3, -0.25) is 0 Å². The second-order valence-corrected chi connectivity index (χ2v) is 5.40. The smallest absolute Gasteiger partial charge is 0.0553 e. The molecule has 0 saturated heterocycles. The van der Waals surface area contributed by atoms with Gasteiger partial charge in [-0.15, -0.1) is 0 Å². The van der Waals surface area contributed by atoms with E-state index >= 15 is 0 Å². The minimum atomic E-state index is 0.414. The molecule has 1 saturated carbocycles. The Morgan fingerprint density at radius 1 is 1.21 bits per heavy atom. The molecule has 0 amide bonds. The monoisotopic (exact) mass is 217 g/mol. The van der Waals surface area contributed by atoms with E-state index in [0.717, 1.165) is 12.4 Å². The van der Waals surface area contributed by atoms with Gasteiger partial charge in [-0.25, -0.2) is 0 Å². The molecule has 2 unspecified atom stereocenters. The molecule has 1 aliphatic carbocycles. The fourth-order valence-electron chi connectivity index (χ4n) is 1.97. The van der Waals surface area contributed by atoms with E-state index in [4.69, 9.17) is 10.5 Å². The van der Waals surface area contributed by atoms with Crippen LogP contribution in [0, 0.1) is 0 Å². The molecule has 1 fully saturated rings. The summed E-state index contributed by atoms with van der Waals surface area (Å²) in [4.78, 5) is 0. The van der Waals surface area contributed by atoms with Crippen LogP contribution in [0.25, 0.3) is 0 Å². The average Bonchev–Trinajstić information content (AvgIpc) is 2.17. The van der Waals surface area contributed by atoms with Crippen molar-refractivity contribution in [2.24, 2.45) is 5.73 Å². The summed E-state index contributed by atoms with van der Waals surface area (Å²) in [5.74, 6) is 1.09. The lowest BCUT2D eigenvalue weighted by Gasteiger charge is -2.25. The molecule has 0 bridgehead atoms. The molecule has 2 atom stereocenters. The van der Waals surface area contributed by atoms with Crippen LogP contribution in [0.15, 0.2) is 0 Å². The Bertz CT molecular complexity index is 143. The molecule has 2 N–H and O–H groups in total. The van der Waals surface area contributed by atoms with E-state index in [-0.39, 0.29) is 0 Å². The first-order valence-electron chi connectivity index (χ1n) is 5.70. The second kappa shape index (κ2) is 7.55. The first-order valence-corrected chi connectivity index (χ1v) is 6.75. The molecule has 0 aliphatic heterocycles. The third-order valence-electron chi connectivity index (χ3n) is 2.87. The zero-order valence-electron chi connectivity index (χ0n) is 9.21. The lowest BCUT2D eigenvalue weighted by molar-refractivity contribution is 0.218. The van der Waals surface area contributed by atoms with Crippen molar-refractivity contribution >= 4 is 11.8 Å². The number of rotatable bonds is 4. The maximum absolute atomic E-state index is 6.17. The van der Waals surface area contributed by atoms with Crippen molar-refractivity contribution in [3.05, 3.63) is 0 Å². The van der Waals surface area contributed by atoms with E-state index in [1.807, 2.05) is 11.8 Å². The quantitative estimate of drug-likeness (QED) is 0.735. The average molecular weight is 217 g/mol. The molecule has 0 radical (unpaired) electrons. The molecule has 0 aromatic rings. The summed E-state index contributed by atoms with van der Waals surface area (Å²) in [5, 5.41) is 0.672. The van der Waals surface area contributed by atoms with Crippen LogP contribution >= 0.6 is 11.8 Å². The van der Waals surface area contributed by atoms with E-state index in [1.54, 1.807) is 7.11 Å². The van der Waals surface area contributed by atoms with Gasteiger partial charge in [-0.05, 0) is 12.8 Å². The first-order chi connectivity index (χ1) is 6.84. The van der Waals surface area contributed by atoms with Crippen LogP contribution in [-0.2, 0) is 4.74 Å². The van der Waals surface area contributed by atoms with Crippen LogP contribution in [0.2, 0.25) is 0 Å². The van der Waals surface area contributed by atoms with Gasteiger partial charge in [0.1, 0.15) is 0 Å². The number of ether oxygens (including phenoxy) is 1. The molecule has 84 valence electrons. The molecule has 1 aliphatic rings. The molecule has 3 heteroatoms. The van der Waals surface area contributed by atoms with Crippen molar-refractivity contribution in [1.82, 2.24) is 0 Å². The van der Waals surface area contributed by atoms with Gasteiger partial charge >= 0.3 is 0 Å². The van der Waals surface area contributed by atoms with Gasteiger partial charge in [-0.1, -0.05) is 25.7 Å². The third-order valence-corrected chi connectivity index (χ3v) is 4.29. The molecule has 1 rings (SSSR count). The third kappa shape index (κ3) is 4.67. The molecule has 2 nitrogen and oxygen atoms in total. The summed E-state index contributed by atoms with van der Waals surface area (Å²) in [6.45, 7) is 0.855. The normalized spacial score (nSPS) is 29.6. The summed E-state index contributed by atoms with van der Waals surface area (Å²) < 4.78 is 5.06. The number of nitrogens with two attached hydrogens (primary N) is 1. The van der Waals surface area contributed by atoms with E-state index < -0.39 is 0 Å². The largest absolute Gasteiger partial charge is 0.384 e. The van der Waals surface area contributed by atoms with Gasteiger partial charge in [-0.2, -0.15) is 11.8 Å². The number of thioether (sulfide) groups is 1. The van der Waals surface area contributed by atoms with Gasteiger partial charge in [0.15, 0.2) is 0 Å². The highest BCUT2D eigenvalue weighted by Gasteiger charge is 2.19. The molecule has 14 heavy (non-hydrogen) atoms. The van der Waals surface area contributed by atoms with Crippen molar-refractivity contribution in [3.63, 3.8) is 0 Å². The van der Waals surface area contributed by atoms with Crippen molar-refractivity contribution in [3.8, 4) is 0 Å². The Kier molecular flexibility index (Phi) is 6.65. The predicted octanol–water partition coefficient (Wildman–Crippen LogP) is 2.42. The highest BCUT2D eigenvalue weighted by atomic mass is 32.2. The Morgan fingerprint density at radius 2 is 1.93 bits per heavy atom. The summed E-state index contributed by atoms with van der Waals surface area (Å²) in [7, 11) is 1.76. The van der Waals surface area contributed by atoms with E-state index in [1.165, 1.54) is 38.5 Å². The summed E-state index contributed by atoms with van der Waals surface area (Å²) >= 11 is 2.00. The molecular formula is C11H23NOS. The maximum atomic E-state index is 6.17. The van der Waals surface area contributed by atoms with Gasteiger partial charge in [0.05, 0.1) is 6.61 Å².